The minimum atomic E-state index is 0.0659. The molecular formula is C9H13NO. The van der Waals surface area contributed by atoms with Gasteiger partial charge in [0.1, 0.15) is 0 Å². The van der Waals surface area contributed by atoms with E-state index in [1.807, 2.05) is 37.3 Å². The normalized spacial score (nSPS) is 12.9. The first kappa shape index (κ1) is 8.24. The Labute approximate surface area is 66.8 Å². The van der Waals surface area contributed by atoms with E-state index in [1.165, 1.54) is 0 Å². The first-order valence-corrected chi connectivity index (χ1v) is 3.83. The molecule has 0 aliphatic heterocycles. The van der Waals surface area contributed by atoms with Crippen molar-refractivity contribution in [2.75, 3.05) is 0 Å². The molecule has 0 fully saturated rings. The molecule has 0 saturated carbocycles. The minimum Gasteiger partial charge on any atom is -0.316 e. The maximum absolute atomic E-state index is 8.73. The third-order valence-electron chi connectivity index (χ3n) is 1.77. The third-order valence-corrected chi connectivity index (χ3v) is 1.77. The van der Waals surface area contributed by atoms with Gasteiger partial charge in [-0.25, -0.2) is 0 Å². The van der Waals surface area contributed by atoms with Gasteiger partial charge in [0.05, 0.1) is 6.04 Å². The van der Waals surface area contributed by atoms with E-state index in [0.717, 1.165) is 12.0 Å². The summed E-state index contributed by atoms with van der Waals surface area (Å²) in [6.07, 6.45) is 0.889. The lowest BCUT2D eigenvalue weighted by Gasteiger charge is -2.11. The van der Waals surface area contributed by atoms with Gasteiger partial charge in [-0.3, -0.25) is 0 Å². The number of hydroxylamine groups is 1. The summed E-state index contributed by atoms with van der Waals surface area (Å²) in [6, 6.07) is 9.96. The van der Waals surface area contributed by atoms with Gasteiger partial charge in [-0.15, -0.1) is 0 Å². The van der Waals surface area contributed by atoms with Gasteiger partial charge < -0.3 is 5.21 Å². The van der Waals surface area contributed by atoms with Crippen LogP contribution in [-0.2, 0) is 0 Å². The second-order valence-corrected chi connectivity index (χ2v) is 2.50. The van der Waals surface area contributed by atoms with E-state index in [9.17, 15) is 0 Å². The van der Waals surface area contributed by atoms with Gasteiger partial charge in [0.2, 0.25) is 0 Å². The molecule has 1 aromatic carbocycles. The van der Waals surface area contributed by atoms with Crippen molar-refractivity contribution in [2.24, 2.45) is 0 Å². The quantitative estimate of drug-likeness (QED) is 0.648. The topological polar surface area (TPSA) is 32.3 Å². The van der Waals surface area contributed by atoms with Crippen LogP contribution in [0, 0.1) is 0 Å². The van der Waals surface area contributed by atoms with Crippen molar-refractivity contribution in [3.05, 3.63) is 35.9 Å². The van der Waals surface area contributed by atoms with E-state index in [0.29, 0.717) is 0 Å². The lowest BCUT2D eigenvalue weighted by molar-refractivity contribution is 0.124. The number of nitrogens with one attached hydrogen (secondary N) is 1. The molecule has 0 radical (unpaired) electrons. The highest BCUT2D eigenvalue weighted by molar-refractivity contribution is 5.18. The van der Waals surface area contributed by atoms with Crippen molar-refractivity contribution in [3.63, 3.8) is 0 Å². The van der Waals surface area contributed by atoms with E-state index < -0.39 is 0 Å². The zero-order valence-corrected chi connectivity index (χ0v) is 6.62. The van der Waals surface area contributed by atoms with Crippen molar-refractivity contribution in [2.45, 2.75) is 19.4 Å². The SMILES string of the molecule is CC[C@@H](NO)c1ccccc1. The van der Waals surface area contributed by atoms with E-state index >= 15 is 0 Å². The molecule has 1 atom stereocenters. The van der Waals surface area contributed by atoms with E-state index in [4.69, 9.17) is 5.21 Å². The molecule has 0 spiro atoms. The van der Waals surface area contributed by atoms with Gasteiger partial charge in [0.25, 0.3) is 0 Å². The van der Waals surface area contributed by atoms with Crippen LogP contribution < -0.4 is 5.48 Å². The Balaban J connectivity index is 2.74. The highest BCUT2D eigenvalue weighted by Crippen LogP contribution is 2.14. The van der Waals surface area contributed by atoms with Gasteiger partial charge in [-0.1, -0.05) is 37.3 Å². The molecule has 2 N–H and O–H groups in total. The molecule has 0 saturated heterocycles. The Kier molecular flexibility index (Phi) is 3.08. The number of rotatable bonds is 3. The van der Waals surface area contributed by atoms with E-state index in [-0.39, 0.29) is 6.04 Å². The highest BCUT2D eigenvalue weighted by atomic mass is 16.5. The van der Waals surface area contributed by atoms with Gasteiger partial charge >= 0.3 is 0 Å². The van der Waals surface area contributed by atoms with Crippen LogP contribution in [0.4, 0.5) is 0 Å². The van der Waals surface area contributed by atoms with Crippen LogP contribution in [0.5, 0.6) is 0 Å². The second-order valence-electron chi connectivity index (χ2n) is 2.50. The van der Waals surface area contributed by atoms with E-state index in [2.05, 4.69) is 5.48 Å². The number of hydrogen-bond donors (Lipinski definition) is 2. The largest absolute Gasteiger partial charge is 0.316 e. The summed E-state index contributed by atoms with van der Waals surface area (Å²) in [7, 11) is 0. The molecular weight excluding hydrogens is 138 g/mol. The lowest BCUT2D eigenvalue weighted by atomic mass is 10.1. The number of hydrogen-bond acceptors (Lipinski definition) is 2. The van der Waals surface area contributed by atoms with Gasteiger partial charge in [0, 0.05) is 0 Å². The predicted octanol–water partition coefficient (Wildman–Crippen LogP) is 2.12. The second kappa shape index (κ2) is 4.11. The van der Waals surface area contributed by atoms with Crippen LogP contribution in [0.3, 0.4) is 0 Å². The van der Waals surface area contributed by atoms with Crippen molar-refractivity contribution >= 4 is 0 Å². The van der Waals surface area contributed by atoms with Crippen molar-refractivity contribution < 1.29 is 5.21 Å². The van der Waals surface area contributed by atoms with Crippen LogP contribution in [0.25, 0.3) is 0 Å². The Morgan fingerprint density at radius 2 is 2.00 bits per heavy atom. The molecule has 0 heterocycles. The molecule has 0 unspecified atom stereocenters. The third kappa shape index (κ3) is 2.03. The van der Waals surface area contributed by atoms with Crippen molar-refractivity contribution in [1.82, 2.24) is 5.48 Å². The van der Waals surface area contributed by atoms with Crippen molar-refractivity contribution in [3.8, 4) is 0 Å². The predicted molar refractivity (Wildman–Crippen MR) is 44.4 cm³/mol. The van der Waals surface area contributed by atoms with Gasteiger partial charge in [0.15, 0.2) is 0 Å². The first-order valence-electron chi connectivity index (χ1n) is 3.83. The summed E-state index contributed by atoms with van der Waals surface area (Å²) in [5, 5.41) is 8.73. The molecule has 0 aliphatic rings. The van der Waals surface area contributed by atoms with Crippen molar-refractivity contribution in [1.29, 1.82) is 0 Å². The fraction of sp³-hybridized carbons (Fsp3) is 0.333. The first-order chi connectivity index (χ1) is 5.38. The molecule has 0 aromatic heterocycles. The summed E-state index contributed by atoms with van der Waals surface area (Å²) < 4.78 is 0. The number of benzene rings is 1. The Hall–Kier alpha value is -0.860. The molecule has 60 valence electrons. The maximum Gasteiger partial charge on any atom is 0.0566 e. The average Bonchev–Trinajstić information content (AvgIpc) is 2.09. The highest BCUT2D eigenvalue weighted by Gasteiger charge is 2.04. The summed E-state index contributed by atoms with van der Waals surface area (Å²) in [6.45, 7) is 2.03. The molecule has 2 nitrogen and oxygen atoms in total. The summed E-state index contributed by atoms with van der Waals surface area (Å²) in [5.74, 6) is 0. The standard InChI is InChI=1S/C9H13NO/c1-2-9(10-11)8-6-4-3-5-7-8/h3-7,9-11H,2H2,1H3/t9-/m1/s1. The molecule has 0 aliphatic carbocycles. The monoisotopic (exact) mass is 151 g/mol. The Morgan fingerprint density at radius 3 is 2.45 bits per heavy atom. The lowest BCUT2D eigenvalue weighted by Crippen LogP contribution is -2.15. The summed E-state index contributed by atoms with van der Waals surface area (Å²) in [5.41, 5.74) is 3.39. The summed E-state index contributed by atoms with van der Waals surface area (Å²) >= 11 is 0. The van der Waals surface area contributed by atoms with Crippen LogP contribution >= 0.6 is 0 Å². The molecule has 2 heteroatoms. The molecule has 0 bridgehead atoms. The van der Waals surface area contributed by atoms with E-state index in [1.54, 1.807) is 0 Å². The molecule has 1 rings (SSSR count). The van der Waals surface area contributed by atoms with Crippen LogP contribution in [0.2, 0.25) is 0 Å². The smallest absolute Gasteiger partial charge is 0.0566 e. The Morgan fingerprint density at radius 1 is 1.36 bits per heavy atom. The van der Waals surface area contributed by atoms with Crippen LogP contribution in [0.15, 0.2) is 30.3 Å². The fourth-order valence-electron chi connectivity index (χ4n) is 1.09. The minimum absolute atomic E-state index is 0.0659. The molecule has 11 heavy (non-hydrogen) atoms. The zero-order chi connectivity index (χ0) is 8.10. The van der Waals surface area contributed by atoms with Gasteiger partial charge in [-0.05, 0) is 12.0 Å². The molecule has 0 amide bonds. The van der Waals surface area contributed by atoms with Gasteiger partial charge in [-0.2, -0.15) is 5.48 Å². The average molecular weight is 151 g/mol. The summed E-state index contributed by atoms with van der Waals surface area (Å²) in [4.78, 5) is 0. The zero-order valence-electron chi connectivity index (χ0n) is 6.62. The van der Waals surface area contributed by atoms with Crippen LogP contribution in [0.1, 0.15) is 24.9 Å². The van der Waals surface area contributed by atoms with Crippen LogP contribution in [-0.4, -0.2) is 5.21 Å². The Bertz CT molecular complexity index is 194. The maximum atomic E-state index is 8.73. The fourth-order valence-corrected chi connectivity index (χ4v) is 1.09. The molecule has 1 aromatic rings.